The molecule has 1 aromatic carbocycles. The van der Waals surface area contributed by atoms with Gasteiger partial charge >= 0.3 is 0 Å². The lowest BCUT2D eigenvalue weighted by Gasteiger charge is -2.14. The average Bonchev–Trinajstić information content (AvgIpc) is 2.35. The maximum absolute atomic E-state index is 11.5. The molecule has 0 aliphatic rings. The largest absolute Gasteiger partial charge is 0.497 e. The van der Waals surface area contributed by atoms with Crippen LogP contribution < -0.4 is 10.1 Å². The summed E-state index contributed by atoms with van der Waals surface area (Å²) < 4.78 is 5.08. The number of nitrogens with zero attached hydrogens (tertiary/aromatic N) is 1. The van der Waals surface area contributed by atoms with E-state index in [0.29, 0.717) is 5.75 Å². The van der Waals surface area contributed by atoms with Crippen molar-refractivity contribution in [1.82, 2.24) is 5.32 Å². The van der Waals surface area contributed by atoms with Crippen LogP contribution in [0.15, 0.2) is 24.3 Å². The van der Waals surface area contributed by atoms with E-state index in [1.54, 1.807) is 45.2 Å². The number of nitriles is 1. The Morgan fingerprint density at radius 1 is 1.47 bits per heavy atom. The maximum Gasteiger partial charge on any atom is 0.223 e. The lowest BCUT2D eigenvalue weighted by atomic mass is 10.1. The Kier molecular flexibility index (Phi) is 4.53. The van der Waals surface area contributed by atoms with Gasteiger partial charge in [-0.15, -0.1) is 0 Å². The standard InChI is InChI=1S/C13H16N2O2/c1-9(2)13(16)15-12(8-14)10-5-4-6-11(7-10)17-3/h4-7,9,12H,1-3H3,(H,15,16). The molecule has 0 bridgehead atoms. The third-order valence-electron chi connectivity index (χ3n) is 2.37. The summed E-state index contributed by atoms with van der Waals surface area (Å²) in [5.74, 6) is 0.386. The van der Waals surface area contributed by atoms with E-state index in [0.717, 1.165) is 5.56 Å². The molecule has 1 unspecified atom stereocenters. The van der Waals surface area contributed by atoms with Crippen molar-refractivity contribution < 1.29 is 9.53 Å². The Labute approximate surface area is 101 Å². The third kappa shape index (κ3) is 3.49. The van der Waals surface area contributed by atoms with Gasteiger partial charge in [-0.3, -0.25) is 4.79 Å². The van der Waals surface area contributed by atoms with Gasteiger partial charge < -0.3 is 10.1 Å². The van der Waals surface area contributed by atoms with Gasteiger partial charge in [0.2, 0.25) is 5.91 Å². The number of benzene rings is 1. The zero-order chi connectivity index (χ0) is 12.8. The van der Waals surface area contributed by atoms with Gasteiger partial charge in [-0.05, 0) is 17.7 Å². The summed E-state index contributed by atoms with van der Waals surface area (Å²) >= 11 is 0. The van der Waals surface area contributed by atoms with E-state index in [1.165, 1.54) is 0 Å². The van der Waals surface area contributed by atoms with E-state index in [2.05, 4.69) is 11.4 Å². The fraction of sp³-hybridized carbons (Fsp3) is 0.385. The predicted molar refractivity (Wildman–Crippen MR) is 64.3 cm³/mol. The van der Waals surface area contributed by atoms with Crippen molar-refractivity contribution in [2.75, 3.05) is 7.11 Å². The molecule has 1 rings (SSSR count). The Morgan fingerprint density at radius 2 is 2.18 bits per heavy atom. The number of hydrogen-bond acceptors (Lipinski definition) is 3. The minimum atomic E-state index is -0.639. The predicted octanol–water partition coefficient (Wildman–Crippen LogP) is 2.03. The number of nitrogens with one attached hydrogen (secondary N) is 1. The first-order chi connectivity index (χ1) is 8.08. The second-order valence-electron chi connectivity index (χ2n) is 4.00. The lowest BCUT2D eigenvalue weighted by Crippen LogP contribution is -2.31. The van der Waals surface area contributed by atoms with Gasteiger partial charge in [-0.2, -0.15) is 5.26 Å². The number of amides is 1. The normalized spacial score (nSPS) is 11.7. The van der Waals surface area contributed by atoms with Gasteiger partial charge in [0.05, 0.1) is 13.2 Å². The Balaban J connectivity index is 2.87. The summed E-state index contributed by atoms with van der Waals surface area (Å²) in [7, 11) is 1.56. The van der Waals surface area contributed by atoms with E-state index in [1.807, 2.05) is 0 Å². The van der Waals surface area contributed by atoms with E-state index >= 15 is 0 Å². The Morgan fingerprint density at radius 3 is 2.71 bits per heavy atom. The first-order valence-corrected chi connectivity index (χ1v) is 5.42. The Hall–Kier alpha value is -2.02. The van der Waals surface area contributed by atoms with E-state index in [4.69, 9.17) is 10.00 Å². The highest BCUT2D eigenvalue weighted by Crippen LogP contribution is 2.18. The van der Waals surface area contributed by atoms with Gasteiger partial charge in [0.1, 0.15) is 11.8 Å². The molecule has 0 spiro atoms. The maximum atomic E-state index is 11.5. The molecule has 4 heteroatoms. The molecule has 1 atom stereocenters. The highest BCUT2D eigenvalue weighted by molar-refractivity contribution is 5.78. The van der Waals surface area contributed by atoms with Crippen molar-refractivity contribution >= 4 is 5.91 Å². The molecule has 1 aromatic rings. The highest BCUT2D eigenvalue weighted by Gasteiger charge is 2.16. The topological polar surface area (TPSA) is 62.1 Å². The van der Waals surface area contributed by atoms with Gasteiger partial charge in [0, 0.05) is 5.92 Å². The molecule has 1 amide bonds. The van der Waals surface area contributed by atoms with E-state index in [9.17, 15) is 4.79 Å². The molecule has 0 aliphatic carbocycles. The van der Waals surface area contributed by atoms with Crippen molar-refractivity contribution in [2.45, 2.75) is 19.9 Å². The van der Waals surface area contributed by atoms with E-state index < -0.39 is 6.04 Å². The zero-order valence-corrected chi connectivity index (χ0v) is 10.2. The summed E-state index contributed by atoms with van der Waals surface area (Å²) in [5, 5.41) is 11.7. The average molecular weight is 232 g/mol. The molecule has 0 aromatic heterocycles. The molecule has 0 saturated carbocycles. The van der Waals surface area contributed by atoms with Crippen LogP contribution >= 0.6 is 0 Å². The minimum absolute atomic E-state index is 0.139. The molecule has 0 aliphatic heterocycles. The first-order valence-electron chi connectivity index (χ1n) is 5.42. The summed E-state index contributed by atoms with van der Waals surface area (Å²) in [6.45, 7) is 3.57. The number of rotatable bonds is 4. The van der Waals surface area contributed by atoms with Crippen LogP contribution in [0.4, 0.5) is 0 Å². The second-order valence-corrected chi connectivity index (χ2v) is 4.00. The quantitative estimate of drug-likeness (QED) is 0.864. The number of carbonyl (C=O) groups is 1. The summed E-state index contributed by atoms with van der Waals surface area (Å²) in [6.07, 6.45) is 0. The molecule has 0 saturated heterocycles. The minimum Gasteiger partial charge on any atom is -0.497 e. The number of ether oxygens (including phenoxy) is 1. The van der Waals surface area contributed by atoms with Crippen LogP contribution in [-0.2, 0) is 4.79 Å². The first kappa shape index (κ1) is 13.0. The summed E-state index contributed by atoms with van der Waals surface area (Å²) in [4.78, 5) is 11.5. The van der Waals surface area contributed by atoms with Crippen LogP contribution in [0.5, 0.6) is 5.75 Å². The fourth-order valence-corrected chi connectivity index (χ4v) is 1.32. The number of methoxy groups -OCH3 is 1. The van der Waals surface area contributed by atoms with Gasteiger partial charge in [-0.1, -0.05) is 26.0 Å². The lowest BCUT2D eigenvalue weighted by molar-refractivity contribution is -0.124. The molecule has 0 heterocycles. The van der Waals surface area contributed by atoms with Crippen molar-refractivity contribution in [3.8, 4) is 11.8 Å². The molecule has 4 nitrogen and oxygen atoms in total. The van der Waals surface area contributed by atoms with Crippen LogP contribution in [-0.4, -0.2) is 13.0 Å². The van der Waals surface area contributed by atoms with Crippen LogP contribution in [0.3, 0.4) is 0 Å². The van der Waals surface area contributed by atoms with Crippen molar-refractivity contribution in [3.05, 3.63) is 29.8 Å². The summed E-state index contributed by atoms with van der Waals surface area (Å²) in [5.41, 5.74) is 0.723. The monoisotopic (exact) mass is 232 g/mol. The van der Waals surface area contributed by atoms with Crippen LogP contribution in [0, 0.1) is 17.2 Å². The zero-order valence-electron chi connectivity index (χ0n) is 10.2. The van der Waals surface area contributed by atoms with Crippen molar-refractivity contribution in [3.63, 3.8) is 0 Å². The van der Waals surface area contributed by atoms with Crippen molar-refractivity contribution in [1.29, 1.82) is 5.26 Å². The van der Waals surface area contributed by atoms with Crippen molar-refractivity contribution in [2.24, 2.45) is 5.92 Å². The smallest absolute Gasteiger partial charge is 0.223 e. The van der Waals surface area contributed by atoms with Crippen LogP contribution in [0.25, 0.3) is 0 Å². The SMILES string of the molecule is COc1cccc(C(C#N)NC(=O)C(C)C)c1. The second kappa shape index (κ2) is 5.90. The highest BCUT2D eigenvalue weighted by atomic mass is 16.5. The molecule has 90 valence electrons. The Bertz CT molecular complexity index is 435. The fourth-order valence-electron chi connectivity index (χ4n) is 1.32. The van der Waals surface area contributed by atoms with Gasteiger partial charge in [0.25, 0.3) is 0 Å². The molecular weight excluding hydrogens is 216 g/mol. The molecule has 1 N–H and O–H groups in total. The number of hydrogen-bond donors (Lipinski definition) is 1. The van der Waals surface area contributed by atoms with Crippen LogP contribution in [0.2, 0.25) is 0 Å². The third-order valence-corrected chi connectivity index (χ3v) is 2.37. The summed E-state index contributed by atoms with van der Waals surface area (Å²) in [6, 6.07) is 8.55. The van der Waals surface area contributed by atoms with Crippen LogP contribution in [0.1, 0.15) is 25.5 Å². The molecule has 0 fully saturated rings. The molecule has 0 radical (unpaired) electrons. The van der Waals surface area contributed by atoms with E-state index in [-0.39, 0.29) is 11.8 Å². The van der Waals surface area contributed by atoms with Gasteiger partial charge in [0.15, 0.2) is 0 Å². The van der Waals surface area contributed by atoms with Gasteiger partial charge in [-0.25, -0.2) is 0 Å². The number of carbonyl (C=O) groups excluding carboxylic acids is 1. The molecular formula is C13H16N2O2. The molecule has 17 heavy (non-hydrogen) atoms.